The number of piperidine rings is 1. The summed E-state index contributed by atoms with van der Waals surface area (Å²) < 4.78 is 0. The van der Waals surface area contributed by atoms with Gasteiger partial charge in [-0.2, -0.15) is 0 Å². The highest BCUT2D eigenvalue weighted by molar-refractivity contribution is 5.96. The van der Waals surface area contributed by atoms with Gasteiger partial charge in [-0.15, -0.1) is 0 Å². The maximum atomic E-state index is 13.2. The second-order valence-electron chi connectivity index (χ2n) is 11.3. The molecule has 7 heteroatoms. The maximum absolute atomic E-state index is 13.2. The molecule has 1 aromatic carbocycles. The lowest BCUT2D eigenvalue weighted by Crippen LogP contribution is -2.37. The lowest BCUT2D eigenvalue weighted by atomic mass is 9.78. The van der Waals surface area contributed by atoms with E-state index < -0.39 is 0 Å². The molecular formula is C30H41N5O2. The Bertz CT molecular complexity index is 1030. The maximum Gasteiger partial charge on any atom is 0.257 e. The van der Waals surface area contributed by atoms with Gasteiger partial charge in [0.15, 0.2) is 0 Å². The van der Waals surface area contributed by atoms with E-state index >= 15 is 0 Å². The van der Waals surface area contributed by atoms with Crippen LogP contribution in [0.2, 0.25) is 0 Å². The molecule has 0 saturated carbocycles. The van der Waals surface area contributed by atoms with Crippen LogP contribution in [-0.2, 0) is 4.79 Å². The van der Waals surface area contributed by atoms with Crippen LogP contribution in [0.15, 0.2) is 36.7 Å². The molecule has 1 amide bonds. The molecule has 5 rings (SSSR count). The topological polar surface area (TPSA) is 69.6 Å². The van der Waals surface area contributed by atoms with Crippen molar-refractivity contribution in [1.29, 1.82) is 0 Å². The minimum atomic E-state index is 0.0974. The molecular weight excluding hydrogens is 462 g/mol. The van der Waals surface area contributed by atoms with E-state index in [1.165, 1.54) is 31.2 Å². The van der Waals surface area contributed by atoms with E-state index in [0.29, 0.717) is 35.7 Å². The molecule has 198 valence electrons. The van der Waals surface area contributed by atoms with Crippen LogP contribution >= 0.6 is 0 Å². The minimum absolute atomic E-state index is 0.0974. The zero-order valence-electron chi connectivity index (χ0n) is 22.4. The molecule has 3 saturated heterocycles. The lowest BCUT2D eigenvalue weighted by molar-refractivity contribution is -0.108. The van der Waals surface area contributed by atoms with Gasteiger partial charge < -0.3 is 19.5 Å². The van der Waals surface area contributed by atoms with Gasteiger partial charge in [-0.3, -0.25) is 4.79 Å². The summed E-state index contributed by atoms with van der Waals surface area (Å²) in [6.45, 7) is 11.9. The quantitative estimate of drug-likeness (QED) is 0.488. The number of amides is 1. The van der Waals surface area contributed by atoms with Gasteiger partial charge in [-0.05, 0) is 82.0 Å². The number of aryl methyl sites for hydroxylation is 2. The van der Waals surface area contributed by atoms with Gasteiger partial charge in [0.25, 0.3) is 5.91 Å². The molecule has 0 N–H and O–H groups in total. The van der Waals surface area contributed by atoms with E-state index in [0.717, 1.165) is 70.0 Å². The van der Waals surface area contributed by atoms with Crippen LogP contribution in [0.25, 0.3) is 0 Å². The third-order valence-electron chi connectivity index (χ3n) is 9.04. The van der Waals surface area contributed by atoms with Gasteiger partial charge in [0.1, 0.15) is 12.6 Å². The van der Waals surface area contributed by atoms with E-state index in [4.69, 9.17) is 0 Å². The Morgan fingerprint density at radius 2 is 1.59 bits per heavy atom. The summed E-state index contributed by atoms with van der Waals surface area (Å²) in [6.07, 6.45) is 6.83. The van der Waals surface area contributed by atoms with E-state index in [2.05, 4.69) is 50.1 Å². The van der Waals surface area contributed by atoms with Gasteiger partial charge in [-0.25, -0.2) is 9.97 Å². The summed E-state index contributed by atoms with van der Waals surface area (Å²) in [7, 11) is 0. The Morgan fingerprint density at radius 3 is 2.22 bits per heavy atom. The molecule has 1 aromatic heterocycles. The zero-order chi connectivity index (χ0) is 25.8. The average molecular weight is 504 g/mol. The van der Waals surface area contributed by atoms with Crippen LogP contribution in [0.3, 0.4) is 0 Å². The summed E-state index contributed by atoms with van der Waals surface area (Å²) >= 11 is 0. The first-order valence-corrected chi connectivity index (χ1v) is 14.0. The normalized spacial score (nSPS) is 23.8. The fourth-order valence-electron chi connectivity index (χ4n) is 7.01. The summed E-state index contributed by atoms with van der Waals surface area (Å²) in [5.74, 6) is 2.50. The van der Waals surface area contributed by atoms with Crippen LogP contribution in [0.4, 0.5) is 0 Å². The summed E-state index contributed by atoms with van der Waals surface area (Å²) in [6, 6.07) is 11.1. The number of aromatic nitrogens is 2. The van der Waals surface area contributed by atoms with Crippen molar-refractivity contribution < 1.29 is 9.59 Å². The molecule has 3 fully saturated rings. The van der Waals surface area contributed by atoms with E-state index in [9.17, 15) is 9.59 Å². The summed E-state index contributed by atoms with van der Waals surface area (Å²) in [5.41, 5.74) is 3.71. The predicted molar refractivity (Wildman–Crippen MR) is 144 cm³/mol. The van der Waals surface area contributed by atoms with Gasteiger partial charge in [0.2, 0.25) is 0 Å². The number of hydrogen-bond donors (Lipinski definition) is 0. The smallest absolute Gasteiger partial charge is 0.257 e. The van der Waals surface area contributed by atoms with Gasteiger partial charge >= 0.3 is 0 Å². The number of rotatable bonds is 9. The van der Waals surface area contributed by atoms with Crippen LogP contribution in [-0.4, -0.2) is 89.2 Å². The average Bonchev–Trinajstić information content (AvgIpc) is 3.48. The minimum Gasteiger partial charge on any atom is -0.338 e. The van der Waals surface area contributed by atoms with Crippen molar-refractivity contribution in [1.82, 2.24) is 24.7 Å². The lowest BCUT2D eigenvalue weighted by Gasteiger charge is -2.37. The van der Waals surface area contributed by atoms with Gasteiger partial charge in [0.05, 0.1) is 17.0 Å². The number of carbonyl (C=O) groups is 2. The highest BCUT2D eigenvalue weighted by Crippen LogP contribution is 2.37. The third-order valence-corrected chi connectivity index (χ3v) is 9.04. The summed E-state index contributed by atoms with van der Waals surface area (Å²) in [4.78, 5) is 39.7. The van der Waals surface area contributed by atoms with E-state index in [-0.39, 0.29) is 5.91 Å². The molecule has 0 spiro atoms. The van der Waals surface area contributed by atoms with Crippen molar-refractivity contribution in [2.24, 2.45) is 17.8 Å². The standard InChI is InChI=1S/C30H41N5O2/c1-22-29(23(2)32-21-31-22)30(37)35-19-26-17-34(18-27(26)20-35)15-11-28(24-7-4-3-5-8-24)25-9-13-33(14-10-25)12-6-16-36/h3-5,7-8,16,21,25-28H,6,9-15,17-20H2,1-2H3. The first-order chi connectivity index (χ1) is 18.0. The van der Waals surface area contributed by atoms with Crippen molar-refractivity contribution in [3.05, 3.63) is 59.2 Å². The highest BCUT2D eigenvalue weighted by Gasteiger charge is 2.42. The number of aldehydes is 1. The molecule has 4 heterocycles. The van der Waals surface area contributed by atoms with Crippen molar-refractivity contribution in [3.8, 4) is 0 Å². The van der Waals surface area contributed by atoms with Crippen LogP contribution in [0.1, 0.15) is 58.9 Å². The third kappa shape index (κ3) is 5.93. The number of benzene rings is 1. The first kappa shape index (κ1) is 26.0. The van der Waals surface area contributed by atoms with Gasteiger partial charge in [0, 0.05) is 39.1 Å². The van der Waals surface area contributed by atoms with Crippen LogP contribution in [0, 0.1) is 31.6 Å². The number of hydrogen-bond acceptors (Lipinski definition) is 6. The molecule has 0 aliphatic carbocycles. The SMILES string of the molecule is Cc1ncnc(C)c1C(=O)N1CC2CN(CCC(c3ccccc3)C3CCN(CCC=O)CC3)CC2C1. The molecule has 3 aliphatic heterocycles. The highest BCUT2D eigenvalue weighted by atomic mass is 16.2. The fourth-order valence-corrected chi connectivity index (χ4v) is 7.01. The Morgan fingerprint density at radius 1 is 0.946 bits per heavy atom. The monoisotopic (exact) mass is 503 g/mol. The second-order valence-corrected chi connectivity index (χ2v) is 11.3. The van der Waals surface area contributed by atoms with Crippen LogP contribution < -0.4 is 0 Å². The Kier molecular flexibility index (Phi) is 8.30. The molecule has 0 radical (unpaired) electrons. The first-order valence-electron chi connectivity index (χ1n) is 14.0. The molecule has 37 heavy (non-hydrogen) atoms. The molecule has 3 aliphatic rings. The van der Waals surface area contributed by atoms with Crippen molar-refractivity contribution in [3.63, 3.8) is 0 Å². The number of carbonyl (C=O) groups excluding carboxylic acids is 2. The van der Waals surface area contributed by atoms with Gasteiger partial charge in [-0.1, -0.05) is 30.3 Å². The van der Waals surface area contributed by atoms with Crippen LogP contribution in [0.5, 0.6) is 0 Å². The van der Waals surface area contributed by atoms with Crippen molar-refractivity contribution >= 4 is 12.2 Å². The molecule has 0 bridgehead atoms. The van der Waals surface area contributed by atoms with Crippen molar-refractivity contribution in [2.45, 2.75) is 45.4 Å². The fraction of sp³-hybridized carbons (Fsp3) is 0.600. The zero-order valence-corrected chi connectivity index (χ0v) is 22.4. The largest absolute Gasteiger partial charge is 0.338 e. The molecule has 3 atom stereocenters. The number of fused-ring (bicyclic) bond motifs is 1. The molecule has 2 aromatic rings. The predicted octanol–water partition coefficient (Wildman–Crippen LogP) is 3.57. The number of likely N-dealkylation sites (tertiary alicyclic amines) is 3. The Balaban J connectivity index is 1.16. The van der Waals surface area contributed by atoms with E-state index in [1.54, 1.807) is 0 Å². The van der Waals surface area contributed by atoms with E-state index in [1.807, 2.05) is 18.7 Å². The Labute approximate surface area is 221 Å². The molecule has 3 unspecified atom stereocenters. The Hall–Kier alpha value is -2.64. The second kappa shape index (κ2) is 11.8. The van der Waals surface area contributed by atoms with Crippen molar-refractivity contribution in [2.75, 3.05) is 52.4 Å². The molecule has 7 nitrogen and oxygen atoms in total. The summed E-state index contributed by atoms with van der Waals surface area (Å²) in [5, 5.41) is 0. The number of nitrogens with zero attached hydrogens (tertiary/aromatic N) is 5.